The van der Waals surface area contributed by atoms with Crippen molar-refractivity contribution in [1.29, 1.82) is 0 Å². The van der Waals surface area contributed by atoms with Crippen LogP contribution in [0.5, 0.6) is 5.75 Å². The summed E-state index contributed by atoms with van der Waals surface area (Å²) in [6.07, 6.45) is 1.15. The van der Waals surface area contributed by atoms with Gasteiger partial charge < -0.3 is 5.11 Å². The van der Waals surface area contributed by atoms with E-state index in [2.05, 4.69) is 10.5 Å². The van der Waals surface area contributed by atoms with Crippen LogP contribution in [0.4, 0.5) is 4.39 Å². The van der Waals surface area contributed by atoms with Gasteiger partial charge in [-0.05, 0) is 30.3 Å². The topological polar surface area (TPSA) is 61.7 Å². The van der Waals surface area contributed by atoms with Crippen LogP contribution in [-0.4, -0.2) is 17.2 Å². The second-order valence-corrected chi connectivity index (χ2v) is 4.82. The van der Waals surface area contributed by atoms with E-state index in [0.717, 1.165) is 12.3 Å². The lowest BCUT2D eigenvalue weighted by Gasteiger charge is -2.04. The van der Waals surface area contributed by atoms with Crippen molar-refractivity contribution in [3.05, 3.63) is 63.4 Å². The number of carbonyl (C=O) groups excluding carboxylic acids is 1. The van der Waals surface area contributed by atoms with Crippen LogP contribution in [0.25, 0.3) is 0 Å². The van der Waals surface area contributed by atoms with E-state index < -0.39 is 11.7 Å². The summed E-state index contributed by atoms with van der Waals surface area (Å²) in [5.74, 6) is -1.36. The third-order valence-corrected chi connectivity index (χ3v) is 3.20. The molecule has 1 amide bonds. The van der Waals surface area contributed by atoms with E-state index in [4.69, 9.17) is 23.2 Å². The van der Waals surface area contributed by atoms with E-state index in [9.17, 15) is 14.3 Å². The van der Waals surface area contributed by atoms with Gasteiger partial charge in [0.15, 0.2) is 0 Å². The monoisotopic (exact) mass is 326 g/mol. The molecule has 2 aromatic carbocycles. The van der Waals surface area contributed by atoms with Crippen molar-refractivity contribution in [2.24, 2.45) is 5.10 Å². The van der Waals surface area contributed by atoms with Crippen LogP contribution in [0, 0.1) is 5.82 Å². The normalized spacial score (nSPS) is 10.8. The molecule has 0 spiro atoms. The van der Waals surface area contributed by atoms with Crippen molar-refractivity contribution in [2.75, 3.05) is 0 Å². The Labute approximate surface area is 129 Å². The highest BCUT2D eigenvalue weighted by Gasteiger charge is 2.09. The van der Waals surface area contributed by atoms with Gasteiger partial charge in [0.2, 0.25) is 0 Å². The molecule has 0 radical (unpaired) electrons. The van der Waals surface area contributed by atoms with Crippen LogP contribution >= 0.6 is 23.2 Å². The summed E-state index contributed by atoms with van der Waals surface area (Å²) < 4.78 is 13.0. The van der Waals surface area contributed by atoms with Gasteiger partial charge in [-0.15, -0.1) is 0 Å². The highest BCUT2D eigenvalue weighted by Crippen LogP contribution is 2.31. The van der Waals surface area contributed by atoms with Gasteiger partial charge in [-0.25, -0.2) is 9.82 Å². The highest BCUT2D eigenvalue weighted by molar-refractivity contribution is 6.36. The molecule has 7 heteroatoms. The maximum Gasteiger partial charge on any atom is 0.271 e. The van der Waals surface area contributed by atoms with Crippen LogP contribution < -0.4 is 5.43 Å². The number of nitrogens with one attached hydrogen (secondary N) is 1. The average molecular weight is 327 g/mol. The number of phenolic OH excluding ortho intramolecular Hbond substituents is 1. The lowest BCUT2D eigenvalue weighted by molar-refractivity contribution is 0.0954. The summed E-state index contributed by atoms with van der Waals surface area (Å²) in [7, 11) is 0. The molecule has 0 aliphatic carbocycles. The molecule has 2 rings (SSSR count). The summed E-state index contributed by atoms with van der Waals surface area (Å²) >= 11 is 11.6. The maximum atomic E-state index is 13.0. The van der Waals surface area contributed by atoms with Crippen molar-refractivity contribution in [2.45, 2.75) is 0 Å². The van der Waals surface area contributed by atoms with Gasteiger partial charge in [0.05, 0.1) is 21.8 Å². The molecule has 21 heavy (non-hydrogen) atoms. The number of hydrogen-bond acceptors (Lipinski definition) is 3. The fourth-order valence-corrected chi connectivity index (χ4v) is 1.90. The Kier molecular flexibility index (Phi) is 4.77. The second-order valence-electron chi connectivity index (χ2n) is 4.00. The van der Waals surface area contributed by atoms with Crippen molar-refractivity contribution in [3.63, 3.8) is 0 Å². The molecule has 0 aliphatic heterocycles. The summed E-state index contributed by atoms with van der Waals surface area (Å²) in [4.78, 5) is 11.7. The Balaban J connectivity index is 2.13. The molecule has 0 fully saturated rings. The Morgan fingerprint density at radius 3 is 2.67 bits per heavy atom. The van der Waals surface area contributed by atoms with Crippen LogP contribution in [0.2, 0.25) is 10.0 Å². The minimum atomic E-state index is -0.594. The van der Waals surface area contributed by atoms with Crippen LogP contribution in [-0.2, 0) is 0 Å². The number of amides is 1. The molecule has 4 nitrogen and oxygen atoms in total. The van der Waals surface area contributed by atoms with E-state index in [1.165, 1.54) is 30.3 Å². The Hall–Kier alpha value is -2.11. The zero-order chi connectivity index (χ0) is 15.4. The quantitative estimate of drug-likeness (QED) is 0.668. The van der Waals surface area contributed by atoms with Crippen molar-refractivity contribution in [1.82, 2.24) is 5.43 Å². The predicted octanol–water partition coefficient (Wildman–Crippen LogP) is 3.60. The number of benzene rings is 2. The molecule has 0 aliphatic rings. The Morgan fingerprint density at radius 1 is 1.24 bits per heavy atom. The van der Waals surface area contributed by atoms with Crippen molar-refractivity contribution >= 4 is 35.3 Å². The number of rotatable bonds is 3. The lowest BCUT2D eigenvalue weighted by atomic mass is 10.2. The highest BCUT2D eigenvalue weighted by atomic mass is 35.5. The van der Waals surface area contributed by atoms with Gasteiger partial charge in [-0.3, -0.25) is 4.79 Å². The molecule has 0 unspecified atom stereocenters. The molecule has 108 valence electrons. The molecule has 0 saturated heterocycles. The molecule has 0 aromatic heterocycles. The third kappa shape index (κ3) is 3.71. The second kappa shape index (κ2) is 6.56. The molecule has 0 bridgehead atoms. The zero-order valence-electron chi connectivity index (χ0n) is 10.5. The molecule has 2 aromatic rings. The summed E-state index contributed by atoms with van der Waals surface area (Å²) in [5.41, 5.74) is 2.49. The van der Waals surface area contributed by atoms with Gasteiger partial charge >= 0.3 is 0 Å². The number of hydrogen-bond donors (Lipinski definition) is 2. The van der Waals surface area contributed by atoms with E-state index in [-0.39, 0.29) is 26.9 Å². The minimum Gasteiger partial charge on any atom is -0.506 e. The van der Waals surface area contributed by atoms with Gasteiger partial charge in [0, 0.05) is 5.56 Å². The fraction of sp³-hybridized carbons (Fsp3) is 0. The zero-order valence-corrected chi connectivity index (χ0v) is 12.0. The molecular weight excluding hydrogens is 318 g/mol. The first-order chi connectivity index (χ1) is 9.99. The lowest BCUT2D eigenvalue weighted by Crippen LogP contribution is -2.17. The van der Waals surface area contributed by atoms with E-state index in [1.54, 1.807) is 0 Å². The molecule has 0 saturated carbocycles. The largest absolute Gasteiger partial charge is 0.506 e. The first kappa shape index (κ1) is 15.3. The summed E-state index contributed by atoms with van der Waals surface area (Å²) in [6, 6.07) is 8.07. The van der Waals surface area contributed by atoms with E-state index in [1.807, 2.05) is 0 Å². The van der Waals surface area contributed by atoms with E-state index >= 15 is 0 Å². The van der Waals surface area contributed by atoms with Gasteiger partial charge in [-0.2, -0.15) is 5.10 Å². The number of nitrogens with zero attached hydrogens (tertiary/aromatic N) is 1. The number of halogens is 3. The standard InChI is InChI=1S/C14H9Cl2FN2O2/c15-11-4-5-12(16)13(20)10(11)7-18-19-14(21)8-2-1-3-9(17)6-8/h1-7,20H,(H,19,21). The van der Waals surface area contributed by atoms with Crippen molar-refractivity contribution < 1.29 is 14.3 Å². The average Bonchev–Trinajstić information content (AvgIpc) is 2.46. The smallest absolute Gasteiger partial charge is 0.271 e. The maximum absolute atomic E-state index is 13.0. The number of aromatic hydroxyl groups is 1. The SMILES string of the molecule is O=C(NN=Cc1c(Cl)ccc(Cl)c1O)c1cccc(F)c1. The Bertz CT molecular complexity index is 720. The third-order valence-electron chi connectivity index (χ3n) is 2.56. The first-order valence-electron chi connectivity index (χ1n) is 5.75. The Morgan fingerprint density at radius 2 is 1.95 bits per heavy atom. The number of carbonyl (C=O) groups is 1. The van der Waals surface area contributed by atoms with Gasteiger partial charge in [0.25, 0.3) is 5.91 Å². The van der Waals surface area contributed by atoms with E-state index in [0.29, 0.717) is 0 Å². The van der Waals surface area contributed by atoms with Crippen molar-refractivity contribution in [3.8, 4) is 5.75 Å². The molecule has 0 heterocycles. The first-order valence-corrected chi connectivity index (χ1v) is 6.50. The summed E-state index contributed by atoms with van der Waals surface area (Å²) in [6.45, 7) is 0. The molecular formula is C14H9Cl2FN2O2. The summed E-state index contributed by atoms with van der Waals surface area (Å²) in [5, 5.41) is 13.7. The number of hydrazone groups is 1. The molecule has 2 N–H and O–H groups in total. The minimum absolute atomic E-state index is 0.109. The van der Waals surface area contributed by atoms with Crippen LogP contribution in [0.1, 0.15) is 15.9 Å². The van der Waals surface area contributed by atoms with Crippen LogP contribution in [0.15, 0.2) is 41.5 Å². The predicted molar refractivity (Wildman–Crippen MR) is 79.6 cm³/mol. The fourth-order valence-electron chi connectivity index (χ4n) is 1.53. The van der Waals surface area contributed by atoms with Gasteiger partial charge in [-0.1, -0.05) is 29.3 Å². The number of phenols is 1. The molecule has 0 atom stereocenters. The van der Waals surface area contributed by atoms with Crippen LogP contribution in [0.3, 0.4) is 0 Å². The van der Waals surface area contributed by atoms with Gasteiger partial charge in [0.1, 0.15) is 11.6 Å².